The van der Waals surface area contributed by atoms with Gasteiger partial charge in [0.25, 0.3) is 0 Å². The average Bonchev–Trinajstić information content (AvgIpc) is 2.75. The van der Waals surface area contributed by atoms with Crippen molar-refractivity contribution in [2.45, 2.75) is 13.0 Å². The van der Waals surface area contributed by atoms with E-state index < -0.39 is 0 Å². The topological polar surface area (TPSA) is 64.9 Å². The first kappa shape index (κ1) is 11.3. The lowest BCUT2D eigenvalue weighted by molar-refractivity contribution is 0.737. The van der Waals surface area contributed by atoms with Gasteiger partial charge < -0.3 is 11.5 Å². The Hall–Kier alpha value is -1.23. The number of aromatic nitrogens is 1. The van der Waals surface area contributed by atoms with Crippen LogP contribution in [0.3, 0.4) is 0 Å². The molecule has 0 aliphatic rings. The van der Waals surface area contributed by atoms with E-state index in [1.807, 2.05) is 24.6 Å². The van der Waals surface area contributed by atoms with Gasteiger partial charge >= 0.3 is 0 Å². The summed E-state index contributed by atoms with van der Waals surface area (Å²) in [5.41, 5.74) is 16.6. The fraction of sp³-hybridized carbons (Fsp3) is 0.250. The summed E-state index contributed by atoms with van der Waals surface area (Å²) in [5, 5.41) is 0. The van der Waals surface area contributed by atoms with Crippen molar-refractivity contribution in [1.29, 1.82) is 0 Å². The molecule has 0 saturated heterocycles. The maximum atomic E-state index is 5.86. The summed E-state index contributed by atoms with van der Waals surface area (Å²) < 4.78 is 0. The van der Waals surface area contributed by atoms with Gasteiger partial charge in [-0.05, 0) is 18.1 Å². The lowest BCUT2D eigenvalue weighted by Gasteiger charge is -2.09. The molecule has 0 amide bonds. The van der Waals surface area contributed by atoms with E-state index in [1.54, 1.807) is 11.3 Å². The number of benzene rings is 1. The van der Waals surface area contributed by atoms with Crippen molar-refractivity contribution in [3.8, 4) is 10.4 Å². The van der Waals surface area contributed by atoms with Gasteiger partial charge in [0.2, 0.25) is 0 Å². The van der Waals surface area contributed by atoms with Gasteiger partial charge in [-0.3, -0.25) is 0 Å². The molecule has 4 heteroatoms. The van der Waals surface area contributed by atoms with Gasteiger partial charge in [0.15, 0.2) is 0 Å². The summed E-state index contributed by atoms with van der Waals surface area (Å²) in [7, 11) is 0. The molecular weight excluding hydrogens is 218 g/mol. The fourth-order valence-electron chi connectivity index (χ4n) is 1.60. The highest BCUT2D eigenvalue weighted by Crippen LogP contribution is 2.27. The van der Waals surface area contributed by atoms with Gasteiger partial charge in [-0.25, -0.2) is 4.98 Å². The summed E-state index contributed by atoms with van der Waals surface area (Å²) in [6.07, 6.45) is 0. The molecule has 1 heterocycles. The predicted octanol–water partition coefficient (Wildman–Crippen LogP) is 2.08. The SMILES string of the molecule is Cc1ncsc1-c1ccc(C(N)CN)cc1. The Labute approximate surface area is 99.1 Å². The second-order valence-corrected chi connectivity index (χ2v) is 4.59. The van der Waals surface area contributed by atoms with Crippen LogP contribution < -0.4 is 11.5 Å². The zero-order valence-electron chi connectivity index (χ0n) is 9.18. The van der Waals surface area contributed by atoms with Crippen LogP contribution in [0.2, 0.25) is 0 Å². The molecule has 0 aliphatic heterocycles. The van der Waals surface area contributed by atoms with E-state index in [4.69, 9.17) is 11.5 Å². The molecule has 2 aromatic rings. The Morgan fingerprint density at radius 2 is 2.00 bits per heavy atom. The fourth-order valence-corrected chi connectivity index (χ4v) is 2.41. The number of thiazole rings is 1. The van der Waals surface area contributed by atoms with Crippen LogP contribution in [0.4, 0.5) is 0 Å². The minimum Gasteiger partial charge on any atom is -0.329 e. The predicted molar refractivity (Wildman–Crippen MR) is 68.3 cm³/mol. The van der Waals surface area contributed by atoms with Crippen LogP contribution in [0.1, 0.15) is 17.3 Å². The highest BCUT2D eigenvalue weighted by molar-refractivity contribution is 7.13. The first-order valence-electron chi connectivity index (χ1n) is 5.18. The van der Waals surface area contributed by atoms with Crippen LogP contribution in [0.15, 0.2) is 29.8 Å². The summed E-state index contributed by atoms with van der Waals surface area (Å²) >= 11 is 1.66. The molecule has 1 unspecified atom stereocenters. The highest BCUT2D eigenvalue weighted by atomic mass is 32.1. The van der Waals surface area contributed by atoms with Gasteiger partial charge in [0.05, 0.1) is 16.1 Å². The number of rotatable bonds is 3. The molecule has 3 nitrogen and oxygen atoms in total. The quantitative estimate of drug-likeness (QED) is 0.853. The Kier molecular flexibility index (Phi) is 3.33. The highest BCUT2D eigenvalue weighted by Gasteiger charge is 2.06. The summed E-state index contributed by atoms with van der Waals surface area (Å²) in [6.45, 7) is 2.49. The maximum Gasteiger partial charge on any atom is 0.0801 e. The average molecular weight is 233 g/mol. The number of nitrogens with two attached hydrogens (primary N) is 2. The van der Waals surface area contributed by atoms with Crippen molar-refractivity contribution < 1.29 is 0 Å². The molecule has 4 N–H and O–H groups in total. The van der Waals surface area contributed by atoms with Gasteiger partial charge in [0.1, 0.15) is 0 Å². The molecule has 84 valence electrons. The molecule has 0 radical (unpaired) electrons. The Morgan fingerprint density at radius 1 is 1.31 bits per heavy atom. The standard InChI is InChI=1S/C12H15N3S/c1-8-12(16-7-15-8)10-4-2-9(3-5-10)11(14)6-13/h2-5,7,11H,6,13-14H2,1H3. The van der Waals surface area contributed by atoms with E-state index in [0.29, 0.717) is 6.54 Å². The van der Waals surface area contributed by atoms with Crippen molar-refractivity contribution >= 4 is 11.3 Å². The Morgan fingerprint density at radius 3 is 2.50 bits per heavy atom. The second-order valence-electron chi connectivity index (χ2n) is 3.73. The number of hydrogen-bond donors (Lipinski definition) is 2. The van der Waals surface area contributed by atoms with Gasteiger partial charge in [-0.15, -0.1) is 11.3 Å². The largest absolute Gasteiger partial charge is 0.329 e. The molecular formula is C12H15N3S. The van der Waals surface area contributed by atoms with E-state index >= 15 is 0 Å². The zero-order chi connectivity index (χ0) is 11.5. The second kappa shape index (κ2) is 4.74. The van der Waals surface area contributed by atoms with Gasteiger partial charge in [-0.1, -0.05) is 24.3 Å². The van der Waals surface area contributed by atoms with Gasteiger partial charge in [0, 0.05) is 12.6 Å². The molecule has 0 saturated carbocycles. The minimum absolute atomic E-state index is 0.0726. The first-order chi connectivity index (χ1) is 7.72. The summed E-state index contributed by atoms with van der Waals surface area (Å²) in [6, 6.07) is 8.14. The summed E-state index contributed by atoms with van der Waals surface area (Å²) in [4.78, 5) is 5.46. The third-order valence-electron chi connectivity index (χ3n) is 2.60. The third kappa shape index (κ3) is 2.14. The first-order valence-corrected chi connectivity index (χ1v) is 6.06. The number of aryl methyl sites for hydroxylation is 1. The van der Waals surface area contributed by atoms with Crippen LogP contribution in [0.25, 0.3) is 10.4 Å². The maximum absolute atomic E-state index is 5.86. The smallest absolute Gasteiger partial charge is 0.0801 e. The van der Waals surface area contributed by atoms with E-state index in [2.05, 4.69) is 17.1 Å². The van der Waals surface area contributed by atoms with E-state index in [0.717, 1.165) is 11.3 Å². The lowest BCUT2D eigenvalue weighted by atomic mass is 10.0. The van der Waals surface area contributed by atoms with E-state index in [1.165, 1.54) is 10.4 Å². The third-order valence-corrected chi connectivity index (χ3v) is 3.58. The van der Waals surface area contributed by atoms with Crippen LogP contribution in [0.5, 0.6) is 0 Å². The normalized spacial score (nSPS) is 12.7. The van der Waals surface area contributed by atoms with Crippen LogP contribution in [-0.4, -0.2) is 11.5 Å². The molecule has 0 aliphatic carbocycles. The monoisotopic (exact) mass is 233 g/mol. The lowest BCUT2D eigenvalue weighted by Crippen LogP contribution is -2.20. The van der Waals surface area contributed by atoms with Crippen LogP contribution in [0, 0.1) is 6.92 Å². The van der Waals surface area contributed by atoms with Crippen molar-refractivity contribution in [3.05, 3.63) is 41.0 Å². The van der Waals surface area contributed by atoms with Crippen molar-refractivity contribution in [2.75, 3.05) is 6.54 Å². The molecule has 1 aromatic carbocycles. The van der Waals surface area contributed by atoms with Gasteiger partial charge in [-0.2, -0.15) is 0 Å². The van der Waals surface area contributed by atoms with Crippen LogP contribution >= 0.6 is 11.3 Å². The molecule has 2 rings (SSSR count). The molecule has 1 atom stereocenters. The van der Waals surface area contributed by atoms with Crippen molar-refractivity contribution in [1.82, 2.24) is 4.98 Å². The molecule has 0 fully saturated rings. The Balaban J connectivity index is 2.30. The van der Waals surface area contributed by atoms with Crippen molar-refractivity contribution in [2.24, 2.45) is 11.5 Å². The van der Waals surface area contributed by atoms with E-state index in [-0.39, 0.29) is 6.04 Å². The van der Waals surface area contributed by atoms with Crippen LogP contribution in [-0.2, 0) is 0 Å². The molecule has 1 aromatic heterocycles. The molecule has 16 heavy (non-hydrogen) atoms. The summed E-state index contributed by atoms with van der Waals surface area (Å²) in [5.74, 6) is 0. The molecule has 0 spiro atoms. The molecule has 0 bridgehead atoms. The number of hydrogen-bond acceptors (Lipinski definition) is 4. The Bertz CT molecular complexity index is 461. The zero-order valence-corrected chi connectivity index (χ0v) is 10.00. The number of nitrogens with zero attached hydrogens (tertiary/aromatic N) is 1. The van der Waals surface area contributed by atoms with E-state index in [9.17, 15) is 0 Å². The minimum atomic E-state index is -0.0726. The van der Waals surface area contributed by atoms with Crippen molar-refractivity contribution in [3.63, 3.8) is 0 Å².